The lowest BCUT2D eigenvalue weighted by molar-refractivity contribution is -0.121. The number of ether oxygens (including phenoxy) is 1. The molecule has 30 heavy (non-hydrogen) atoms. The van der Waals surface area contributed by atoms with E-state index in [2.05, 4.69) is 5.32 Å². The van der Waals surface area contributed by atoms with E-state index in [0.717, 1.165) is 6.07 Å². The molecule has 0 unspecified atom stereocenters. The highest BCUT2D eigenvalue weighted by atomic mass is 35.5. The number of rotatable bonds is 8. The topological polar surface area (TPSA) is 75.7 Å². The molecule has 0 spiro atoms. The third-order valence-electron chi connectivity index (χ3n) is 5.02. The minimum absolute atomic E-state index is 0.130. The van der Waals surface area contributed by atoms with Crippen LogP contribution < -0.4 is 10.1 Å². The molecule has 0 aliphatic carbocycles. The predicted molar refractivity (Wildman–Crippen MR) is 112 cm³/mol. The molecule has 162 valence electrons. The summed E-state index contributed by atoms with van der Waals surface area (Å²) >= 11 is 5.88. The van der Waals surface area contributed by atoms with Crippen molar-refractivity contribution in [2.45, 2.75) is 24.2 Å². The maximum atomic E-state index is 13.0. The number of nitrogens with one attached hydrogen (secondary N) is 1. The summed E-state index contributed by atoms with van der Waals surface area (Å²) in [5.41, 5.74) is 0. The Balaban J connectivity index is 1.37. The second-order valence-corrected chi connectivity index (χ2v) is 9.48. The van der Waals surface area contributed by atoms with Gasteiger partial charge in [-0.3, -0.25) is 4.79 Å². The van der Waals surface area contributed by atoms with Crippen molar-refractivity contribution in [1.29, 1.82) is 0 Å². The molecule has 0 radical (unpaired) electrons. The van der Waals surface area contributed by atoms with Gasteiger partial charge in [-0.15, -0.1) is 0 Å². The second-order valence-electron chi connectivity index (χ2n) is 7.14. The summed E-state index contributed by atoms with van der Waals surface area (Å²) in [6.45, 7) is 1.49. The number of carbonyl (C=O) groups excluding carboxylic acids is 1. The molecule has 0 saturated carbocycles. The Morgan fingerprint density at radius 3 is 2.53 bits per heavy atom. The van der Waals surface area contributed by atoms with Crippen LogP contribution in [-0.4, -0.2) is 44.9 Å². The van der Waals surface area contributed by atoms with Crippen molar-refractivity contribution in [3.63, 3.8) is 0 Å². The smallest absolute Gasteiger partial charge is 0.243 e. The quantitative estimate of drug-likeness (QED) is 0.662. The average molecular weight is 455 g/mol. The van der Waals surface area contributed by atoms with Gasteiger partial charge in [0.15, 0.2) is 0 Å². The first-order valence-corrected chi connectivity index (χ1v) is 11.6. The Bertz CT molecular complexity index is 964. The molecular weight excluding hydrogens is 431 g/mol. The Hall–Kier alpha value is -2.16. The lowest BCUT2D eigenvalue weighted by Gasteiger charge is -2.31. The fourth-order valence-corrected chi connectivity index (χ4v) is 5.00. The lowest BCUT2D eigenvalue weighted by atomic mass is 9.98. The normalized spacial score (nSPS) is 15.7. The molecule has 6 nitrogen and oxygen atoms in total. The summed E-state index contributed by atoms with van der Waals surface area (Å²) in [6.07, 6.45) is 1.52. The third kappa shape index (κ3) is 5.93. The van der Waals surface area contributed by atoms with E-state index in [-0.39, 0.29) is 29.9 Å². The van der Waals surface area contributed by atoms with Crippen LogP contribution in [0.5, 0.6) is 5.75 Å². The van der Waals surface area contributed by atoms with Crippen molar-refractivity contribution in [3.05, 3.63) is 59.4 Å². The zero-order chi connectivity index (χ0) is 21.6. The average Bonchev–Trinajstić information content (AvgIpc) is 2.75. The van der Waals surface area contributed by atoms with Crippen LogP contribution in [0.1, 0.15) is 19.3 Å². The van der Waals surface area contributed by atoms with Gasteiger partial charge < -0.3 is 10.1 Å². The van der Waals surface area contributed by atoms with Crippen molar-refractivity contribution in [2.75, 3.05) is 26.2 Å². The van der Waals surface area contributed by atoms with Gasteiger partial charge in [-0.1, -0.05) is 29.8 Å². The summed E-state index contributed by atoms with van der Waals surface area (Å²) in [6, 6.07) is 12.2. The van der Waals surface area contributed by atoms with Gasteiger partial charge >= 0.3 is 0 Å². The number of hydrogen-bond donors (Lipinski definition) is 1. The minimum Gasteiger partial charge on any atom is -0.491 e. The predicted octanol–water partition coefficient (Wildman–Crippen LogP) is 3.47. The Kier molecular flexibility index (Phi) is 7.69. The van der Waals surface area contributed by atoms with Crippen molar-refractivity contribution in [1.82, 2.24) is 9.62 Å². The Morgan fingerprint density at radius 1 is 1.17 bits per heavy atom. The Morgan fingerprint density at radius 2 is 1.87 bits per heavy atom. The number of piperidine rings is 1. The van der Waals surface area contributed by atoms with E-state index in [1.165, 1.54) is 16.4 Å². The third-order valence-corrected chi connectivity index (χ3v) is 7.23. The van der Waals surface area contributed by atoms with E-state index in [9.17, 15) is 17.6 Å². The molecule has 1 aliphatic rings. The van der Waals surface area contributed by atoms with E-state index >= 15 is 0 Å². The molecular formula is C21H24ClFN2O4S. The van der Waals surface area contributed by atoms with Crippen molar-refractivity contribution < 1.29 is 22.3 Å². The number of nitrogens with zero attached hydrogens (tertiary/aromatic N) is 1. The van der Waals surface area contributed by atoms with Gasteiger partial charge in [-0.05, 0) is 49.1 Å². The van der Waals surface area contributed by atoms with Crippen LogP contribution in [0.3, 0.4) is 0 Å². The van der Waals surface area contributed by atoms with Gasteiger partial charge in [0.25, 0.3) is 0 Å². The molecule has 1 N–H and O–H groups in total. The monoisotopic (exact) mass is 454 g/mol. The fraction of sp³-hybridized carbons (Fsp3) is 0.381. The molecule has 0 atom stereocenters. The molecule has 1 amide bonds. The number of benzene rings is 2. The molecule has 0 aromatic heterocycles. The minimum atomic E-state index is -3.47. The maximum Gasteiger partial charge on any atom is 0.243 e. The molecule has 3 rings (SSSR count). The highest BCUT2D eigenvalue weighted by Gasteiger charge is 2.29. The summed E-state index contributed by atoms with van der Waals surface area (Å²) in [5, 5.41) is 3.03. The number of carbonyl (C=O) groups is 1. The first-order valence-electron chi connectivity index (χ1n) is 9.76. The lowest BCUT2D eigenvalue weighted by Crippen LogP contribution is -2.41. The second kappa shape index (κ2) is 10.2. The van der Waals surface area contributed by atoms with Crippen LogP contribution in [0.15, 0.2) is 53.4 Å². The first kappa shape index (κ1) is 22.5. The fourth-order valence-electron chi connectivity index (χ4n) is 3.29. The zero-order valence-corrected chi connectivity index (χ0v) is 18.0. The van der Waals surface area contributed by atoms with Crippen molar-refractivity contribution >= 4 is 27.5 Å². The highest BCUT2D eigenvalue weighted by Crippen LogP contribution is 2.25. The van der Waals surface area contributed by atoms with Crippen LogP contribution in [0, 0.1) is 11.7 Å². The van der Waals surface area contributed by atoms with E-state index < -0.39 is 15.8 Å². The number of sulfonamides is 1. The van der Waals surface area contributed by atoms with E-state index in [4.69, 9.17) is 16.3 Å². The van der Waals surface area contributed by atoms with Gasteiger partial charge in [0.1, 0.15) is 11.6 Å². The van der Waals surface area contributed by atoms with Gasteiger partial charge in [0.05, 0.1) is 22.9 Å². The number of halogens is 2. The van der Waals surface area contributed by atoms with Crippen LogP contribution in [0.25, 0.3) is 0 Å². The highest BCUT2D eigenvalue weighted by molar-refractivity contribution is 7.89. The molecule has 9 heteroatoms. The van der Waals surface area contributed by atoms with Crippen molar-refractivity contribution in [3.8, 4) is 5.75 Å². The standard InChI is InChI=1S/C21H24ClFN2O4S/c22-19-14-17(23)6-7-20(19)29-13-10-21(26)24-15-16-8-11-25(12-9-16)30(27,28)18-4-2-1-3-5-18/h1-7,14,16H,8-13,15H2,(H,24,26). The molecule has 1 saturated heterocycles. The van der Waals surface area contributed by atoms with Crippen molar-refractivity contribution in [2.24, 2.45) is 5.92 Å². The summed E-state index contributed by atoms with van der Waals surface area (Å²) in [4.78, 5) is 12.3. The van der Waals surface area contributed by atoms with Crippen LogP contribution in [0.4, 0.5) is 4.39 Å². The molecule has 1 aliphatic heterocycles. The van der Waals surface area contributed by atoms with Crippen LogP contribution in [0.2, 0.25) is 5.02 Å². The zero-order valence-electron chi connectivity index (χ0n) is 16.4. The van der Waals surface area contributed by atoms with Gasteiger partial charge in [0, 0.05) is 19.6 Å². The molecule has 0 bridgehead atoms. The Labute approximate surface area is 181 Å². The largest absolute Gasteiger partial charge is 0.491 e. The SMILES string of the molecule is O=C(CCOc1ccc(F)cc1Cl)NCC1CCN(S(=O)(=O)c2ccccc2)CC1. The number of amides is 1. The summed E-state index contributed by atoms with van der Waals surface area (Å²) < 4.78 is 45.2. The van der Waals surface area contributed by atoms with E-state index in [0.29, 0.717) is 43.1 Å². The molecule has 1 fully saturated rings. The van der Waals surface area contributed by atoms with Crippen LogP contribution in [-0.2, 0) is 14.8 Å². The van der Waals surface area contributed by atoms with Gasteiger partial charge in [-0.25, -0.2) is 12.8 Å². The summed E-state index contributed by atoms with van der Waals surface area (Å²) in [5.74, 6) is -0.0539. The molecule has 2 aromatic rings. The summed E-state index contributed by atoms with van der Waals surface area (Å²) in [7, 11) is -3.47. The van der Waals surface area contributed by atoms with Crippen LogP contribution >= 0.6 is 11.6 Å². The maximum absolute atomic E-state index is 13.0. The van der Waals surface area contributed by atoms with Gasteiger partial charge in [0.2, 0.25) is 15.9 Å². The van der Waals surface area contributed by atoms with E-state index in [1.54, 1.807) is 30.3 Å². The molecule has 2 aromatic carbocycles. The molecule has 1 heterocycles. The van der Waals surface area contributed by atoms with E-state index in [1.807, 2.05) is 0 Å². The first-order chi connectivity index (χ1) is 14.4. The van der Waals surface area contributed by atoms with Gasteiger partial charge in [-0.2, -0.15) is 4.31 Å². The number of hydrogen-bond acceptors (Lipinski definition) is 4.